The van der Waals surface area contributed by atoms with E-state index in [1.165, 1.54) is 0 Å². The van der Waals surface area contributed by atoms with Crippen LogP contribution >= 0.6 is 0 Å². The molecule has 5 rings (SSSR count). The van der Waals surface area contributed by atoms with Crippen LogP contribution in [0.4, 0.5) is 0 Å². The van der Waals surface area contributed by atoms with Gasteiger partial charge in [-0.3, -0.25) is 24.1 Å². The zero-order valence-corrected chi connectivity index (χ0v) is 29.5. The average molecular weight is 695 g/mol. The quantitative estimate of drug-likeness (QED) is 0.175. The second-order valence-electron chi connectivity index (χ2n) is 13.9. The number of aliphatic hydroxyl groups is 1. The fraction of sp³-hybridized carbons (Fsp3) is 0.632. The second-order valence-corrected chi connectivity index (χ2v) is 13.9. The van der Waals surface area contributed by atoms with E-state index in [1.54, 1.807) is 22.0 Å². The summed E-state index contributed by atoms with van der Waals surface area (Å²) < 4.78 is 17.8. The van der Waals surface area contributed by atoms with E-state index in [-0.39, 0.29) is 43.9 Å². The number of aliphatic hydroxyl groups excluding tert-OH is 1. The van der Waals surface area contributed by atoms with Crippen molar-refractivity contribution in [2.24, 2.45) is 17.8 Å². The maximum atomic E-state index is 14.8. The van der Waals surface area contributed by atoms with E-state index in [2.05, 4.69) is 23.4 Å². The van der Waals surface area contributed by atoms with Crippen molar-refractivity contribution < 1.29 is 38.5 Å². The highest BCUT2D eigenvalue weighted by Crippen LogP contribution is 2.59. The third-order valence-electron chi connectivity index (χ3n) is 11.1. The smallest absolute Gasteiger partial charge is 0.306 e. The maximum Gasteiger partial charge on any atom is 0.306 e. The fourth-order valence-corrected chi connectivity index (χ4v) is 8.19. The second kappa shape index (κ2) is 17.1. The Hall–Kier alpha value is -3.58. The lowest BCUT2D eigenvalue weighted by atomic mass is 9.70. The van der Waals surface area contributed by atoms with Crippen molar-refractivity contribution in [2.45, 2.75) is 75.8 Å². The van der Waals surface area contributed by atoms with Crippen LogP contribution in [0.15, 0.2) is 55.6 Å². The summed E-state index contributed by atoms with van der Waals surface area (Å²) in [4.78, 5) is 61.8. The highest BCUT2D eigenvalue weighted by Gasteiger charge is 2.75. The molecule has 3 amide bonds. The molecule has 4 heterocycles. The number of fused-ring (bicyclic) bond motifs is 1. The van der Waals surface area contributed by atoms with Crippen LogP contribution in [0.1, 0.15) is 57.6 Å². The largest absolute Gasteiger partial charge is 0.463 e. The Labute approximate surface area is 295 Å². The van der Waals surface area contributed by atoms with Crippen molar-refractivity contribution in [1.82, 2.24) is 20.0 Å². The van der Waals surface area contributed by atoms with Crippen molar-refractivity contribution in [3.05, 3.63) is 61.2 Å². The lowest BCUT2D eigenvalue weighted by molar-refractivity contribution is -0.152. The van der Waals surface area contributed by atoms with Gasteiger partial charge in [-0.15, -0.1) is 13.2 Å². The van der Waals surface area contributed by atoms with Gasteiger partial charge in [-0.2, -0.15) is 0 Å². The lowest BCUT2D eigenvalue weighted by Gasteiger charge is -2.41. The standard InChI is InChI=1S/C38H54N4O8/c1-5-8-14-31(44)49-25-28(27-12-10-9-11-13-27)39-35(45)32-30-15-16-38(50-30)33(32)36(46)42(29(24-43)26(4)7-3)34(38)37(47)41(17-6-2)19-18-40-20-22-48-23-21-40/h5-6,9-13,26,28-30,32-34,43H,1-2,7-8,14-25H2,3-4H3,(H,39,45)/t26-,28+,29-,30+,32-,33-,34+,38-/m0/s1. The zero-order valence-electron chi connectivity index (χ0n) is 29.5. The number of hydrogen-bond donors (Lipinski definition) is 2. The van der Waals surface area contributed by atoms with Gasteiger partial charge in [0.2, 0.25) is 17.7 Å². The molecule has 12 heteroatoms. The van der Waals surface area contributed by atoms with Gasteiger partial charge in [-0.25, -0.2) is 0 Å². The van der Waals surface area contributed by atoms with Gasteiger partial charge in [0.05, 0.1) is 49.8 Å². The van der Waals surface area contributed by atoms with Crippen LogP contribution in [-0.4, -0.2) is 126 Å². The van der Waals surface area contributed by atoms with Gasteiger partial charge in [0, 0.05) is 39.1 Å². The van der Waals surface area contributed by atoms with Gasteiger partial charge in [0.25, 0.3) is 0 Å². The molecule has 0 aromatic heterocycles. The first-order chi connectivity index (χ1) is 24.2. The minimum absolute atomic E-state index is 0.0821. The number of rotatable bonds is 18. The van der Waals surface area contributed by atoms with Crippen molar-refractivity contribution in [3.63, 3.8) is 0 Å². The molecule has 4 aliphatic rings. The van der Waals surface area contributed by atoms with Gasteiger partial charge < -0.3 is 34.4 Å². The van der Waals surface area contributed by atoms with Gasteiger partial charge in [0.15, 0.2) is 0 Å². The molecule has 2 bridgehead atoms. The first-order valence-electron chi connectivity index (χ1n) is 18.1. The van der Waals surface area contributed by atoms with Crippen molar-refractivity contribution >= 4 is 23.7 Å². The van der Waals surface area contributed by atoms with Crippen LogP contribution in [0.25, 0.3) is 0 Å². The van der Waals surface area contributed by atoms with Gasteiger partial charge in [-0.05, 0) is 30.7 Å². The molecular formula is C38H54N4O8. The predicted octanol–water partition coefficient (Wildman–Crippen LogP) is 2.48. The molecule has 4 aliphatic heterocycles. The van der Waals surface area contributed by atoms with E-state index >= 15 is 0 Å². The molecule has 12 nitrogen and oxygen atoms in total. The minimum Gasteiger partial charge on any atom is -0.463 e. The first kappa shape index (κ1) is 37.7. The molecule has 2 N–H and O–H groups in total. The average Bonchev–Trinajstić information content (AvgIpc) is 3.79. The normalized spacial score (nSPS) is 27.7. The Balaban J connectivity index is 1.44. The molecule has 274 valence electrons. The molecule has 0 aliphatic carbocycles. The highest BCUT2D eigenvalue weighted by atomic mass is 16.5. The van der Waals surface area contributed by atoms with E-state index in [0.717, 1.165) is 18.7 Å². The van der Waals surface area contributed by atoms with Gasteiger partial charge >= 0.3 is 5.97 Å². The number of ether oxygens (including phenoxy) is 3. The SMILES string of the molecule is C=CCCC(=O)OC[C@@H](NC(=O)[C@@H]1[C@H]2C(=O)N([C@@H](CO)[C@@H](C)CC)[C@H](C(=O)N(CC=C)CCN3CCOCC3)[C@]23CC[C@H]1O3)c1ccccc1. The number of benzene rings is 1. The number of nitrogens with one attached hydrogen (secondary N) is 1. The lowest BCUT2D eigenvalue weighted by Crippen LogP contribution is -2.60. The predicted molar refractivity (Wildman–Crippen MR) is 187 cm³/mol. The Morgan fingerprint density at radius 3 is 2.58 bits per heavy atom. The molecular weight excluding hydrogens is 640 g/mol. The Morgan fingerprint density at radius 2 is 1.92 bits per heavy atom. The molecule has 0 saturated carbocycles. The van der Waals surface area contributed by atoms with Crippen LogP contribution in [0.3, 0.4) is 0 Å². The first-order valence-corrected chi connectivity index (χ1v) is 18.1. The number of carbonyl (C=O) groups is 4. The summed E-state index contributed by atoms with van der Waals surface area (Å²) in [5.74, 6) is -3.28. The van der Waals surface area contributed by atoms with E-state index < -0.39 is 53.5 Å². The fourth-order valence-electron chi connectivity index (χ4n) is 8.19. The van der Waals surface area contributed by atoms with E-state index in [4.69, 9.17) is 14.2 Å². The molecule has 4 fully saturated rings. The number of morpholine rings is 1. The molecule has 1 spiro atoms. The molecule has 0 unspecified atom stereocenters. The summed E-state index contributed by atoms with van der Waals surface area (Å²) in [5, 5.41) is 13.8. The van der Waals surface area contributed by atoms with Crippen molar-refractivity contribution in [2.75, 3.05) is 59.2 Å². The molecule has 1 aromatic carbocycles. The summed E-state index contributed by atoms with van der Waals surface area (Å²) in [7, 11) is 0. The summed E-state index contributed by atoms with van der Waals surface area (Å²) >= 11 is 0. The van der Waals surface area contributed by atoms with E-state index in [1.807, 2.05) is 44.2 Å². The molecule has 4 saturated heterocycles. The summed E-state index contributed by atoms with van der Waals surface area (Å²) in [6.45, 7) is 15.3. The maximum absolute atomic E-state index is 14.8. The Bertz CT molecular complexity index is 1370. The number of hydrogen-bond acceptors (Lipinski definition) is 9. The van der Waals surface area contributed by atoms with Crippen LogP contribution in [0.5, 0.6) is 0 Å². The molecule has 0 radical (unpaired) electrons. The molecule has 8 atom stereocenters. The van der Waals surface area contributed by atoms with Crippen LogP contribution in [-0.2, 0) is 33.4 Å². The van der Waals surface area contributed by atoms with Crippen molar-refractivity contribution in [1.29, 1.82) is 0 Å². The number of esters is 1. The number of likely N-dealkylation sites (tertiary alicyclic amines) is 1. The van der Waals surface area contributed by atoms with Gasteiger partial charge in [-0.1, -0.05) is 62.8 Å². The summed E-state index contributed by atoms with van der Waals surface area (Å²) in [5.41, 5.74) is -0.472. The van der Waals surface area contributed by atoms with Crippen molar-refractivity contribution in [3.8, 4) is 0 Å². The van der Waals surface area contributed by atoms with Crippen LogP contribution in [0, 0.1) is 17.8 Å². The number of carbonyl (C=O) groups excluding carboxylic acids is 4. The Kier molecular flexibility index (Phi) is 12.9. The zero-order chi connectivity index (χ0) is 35.8. The van der Waals surface area contributed by atoms with Gasteiger partial charge in [0.1, 0.15) is 18.2 Å². The summed E-state index contributed by atoms with van der Waals surface area (Å²) in [6, 6.07) is 6.94. The number of allylic oxidation sites excluding steroid dienone is 1. The van der Waals surface area contributed by atoms with Crippen LogP contribution < -0.4 is 5.32 Å². The Morgan fingerprint density at radius 1 is 1.18 bits per heavy atom. The summed E-state index contributed by atoms with van der Waals surface area (Å²) in [6.07, 6.45) is 5.05. The topological polar surface area (TPSA) is 138 Å². The minimum atomic E-state index is -1.22. The van der Waals surface area contributed by atoms with E-state index in [0.29, 0.717) is 52.0 Å². The third kappa shape index (κ3) is 7.68. The molecule has 50 heavy (non-hydrogen) atoms. The van der Waals surface area contributed by atoms with Crippen LogP contribution in [0.2, 0.25) is 0 Å². The highest BCUT2D eigenvalue weighted by molar-refractivity contribution is 5.99. The monoisotopic (exact) mass is 694 g/mol. The molecule has 1 aromatic rings. The third-order valence-corrected chi connectivity index (χ3v) is 11.1. The number of amides is 3. The number of nitrogens with zero attached hydrogens (tertiary/aromatic N) is 3. The van der Waals surface area contributed by atoms with E-state index in [9.17, 15) is 24.3 Å².